The third-order valence-electron chi connectivity index (χ3n) is 1.78. The highest BCUT2D eigenvalue weighted by Crippen LogP contribution is 1.75. The van der Waals surface area contributed by atoms with Crippen molar-refractivity contribution in [3.05, 3.63) is 0 Å². The Bertz CT molecular complexity index is 154. The lowest BCUT2D eigenvalue weighted by molar-refractivity contribution is 0.0711. The summed E-state index contributed by atoms with van der Waals surface area (Å²) in [5.41, 5.74) is 0. The molecule has 0 aliphatic heterocycles. The molecule has 0 aromatic rings. The van der Waals surface area contributed by atoms with E-state index in [0.29, 0.717) is 33.0 Å². The average Bonchev–Trinajstić information content (AvgIpc) is 2.31. The van der Waals surface area contributed by atoms with E-state index < -0.39 is 0 Å². The second kappa shape index (κ2) is 14.5. The van der Waals surface area contributed by atoms with E-state index in [4.69, 9.17) is 14.2 Å². The summed E-state index contributed by atoms with van der Waals surface area (Å²) >= 11 is 0. The molecule has 1 N–H and O–H groups in total. The number of methoxy groups -OCH3 is 1. The van der Waals surface area contributed by atoms with E-state index in [1.807, 2.05) is 6.92 Å². The van der Waals surface area contributed by atoms with Gasteiger partial charge in [-0.15, -0.1) is 0 Å². The molecule has 0 saturated heterocycles. The molecule has 0 heterocycles. The zero-order valence-electron chi connectivity index (χ0n) is 10.4. The number of aliphatic imine (C=N–C) groups is 1. The highest BCUT2D eigenvalue weighted by molar-refractivity contribution is 5.58. The molecule has 0 atom stereocenters. The summed E-state index contributed by atoms with van der Waals surface area (Å²) < 4.78 is 15.4. The van der Waals surface area contributed by atoms with Gasteiger partial charge in [0.25, 0.3) is 0 Å². The number of rotatable bonds is 12. The van der Waals surface area contributed by atoms with Gasteiger partial charge >= 0.3 is 0 Å². The number of ether oxygens (including phenoxy) is 3. The summed E-state index contributed by atoms with van der Waals surface area (Å²) in [6.07, 6.45) is 1.80. The van der Waals surface area contributed by atoms with Crippen LogP contribution in [0.4, 0.5) is 0 Å². The Kier molecular flexibility index (Phi) is 14.1. The molecule has 0 rings (SSSR count). The lowest BCUT2D eigenvalue weighted by atomic mass is 10.6. The Labute approximate surface area is 98.2 Å². The van der Waals surface area contributed by atoms with Gasteiger partial charge in [0, 0.05) is 33.0 Å². The maximum atomic E-state index is 5.31. The molecule has 0 amide bonds. The van der Waals surface area contributed by atoms with Crippen LogP contribution < -0.4 is 5.32 Å². The van der Waals surface area contributed by atoms with Gasteiger partial charge in [-0.05, 0) is 6.92 Å². The molecule has 0 bridgehead atoms. The second-order valence-corrected chi connectivity index (χ2v) is 3.11. The van der Waals surface area contributed by atoms with Crippen molar-refractivity contribution in [3.8, 4) is 0 Å². The van der Waals surface area contributed by atoms with E-state index in [1.165, 1.54) is 0 Å². The smallest absolute Gasteiger partial charge is 0.0814 e. The van der Waals surface area contributed by atoms with Gasteiger partial charge in [0.1, 0.15) is 0 Å². The van der Waals surface area contributed by atoms with Crippen LogP contribution in [0.5, 0.6) is 0 Å². The molecule has 0 aromatic carbocycles. The molecule has 96 valence electrons. The van der Waals surface area contributed by atoms with Crippen LogP contribution in [-0.2, 0) is 14.2 Å². The standard InChI is InChI=1S/C11H24N2O3/c1-3-12-4-7-15-8-5-13-6-9-16-11-10-14-2/h4,13H,3,5-11H2,1-2H3. The van der Waals surface area contributed by atoms with E-state index in [9.17, 15) is 0 Å². The molecule has 0 aliphatic rings. The van der Waals surface area contributed by atoms with Crippen molar-refractivity contribution in [2.75, 3.05) is 59.8 Å². The average molecular weight is 232 g/mol. The van der Waals surface area contributed by atoms with E-state index >= 15 is 0 Å². The molecule has 0 aliphatic carbocycles. The van der Waals surface area contributed by atoms with Gasteiger partial charge in [-0.2, -0.15) is 0 Å². The quantitative estimate of drug-likeness (QED) is 0.389. The van der Waals surface area contributed by atoms with Crippen molar-refractivity contribution < 1.29 is 14.2 Å². The molecule has 0 aromatic heterocycles. The Hall–Kier alpha value is -0.490. The van der Waals surface area contributed by atoms with Crippen LogP contribution in [0.25, 0.3) is 0 Å². The van der Waals surface area contributed by atoms with Crippen molar-refractivity contribution in [2.45, 2.75) is 6.92 Å². The normalized spacial score (nSPS) is 11.4. The minimum atomic E-state index is 0.597. The maximum Gasteiger partial charge on any atom is 0.0814 e. The van der Waals surface area contributed by atoms with Gasteiger partial charge in [0.05, 0.1) is 33.0 Å². The molecule has 5 heteroatoms. The summed E-state index contributed by atoms with van der Waals surface area (Å²) in [5.74, 6) is 0. The van der Waals surface area contributed by atoms with Crippen LogP contribution in [0.1, 0.15) is 6.92 Å². The highest BCUT2D eigenvalue weighted by Gasteiger charge is 1.89. The van der Waals surface area contributed by atoms with Crippen LogP contribution in [0.2, 0.25) is 0 Å². The summed E-state index contributed by atoms with van der Waals surface area (Å²) in [6, 6.07) is 0. The Morgan fingerprint density at radius 1 is 1.06 bits per heavy atom. The summed E-state index contributed by atoms with van der Waals surface area (Å²) in [5, 5.41) is 3.22. The van der Waals surface area contributed by atoms with Crippen molar-refractivity contribution in [1.82, 2.24) is 5.32 Å². The van der Waals surface area contributed by atoms with Gasteiger partial charge in [0.15, 0.2) is 0 Å². The molecule has 0 spiro atoms. The highest BCUT2D eigenvalue weighted by atomic mass is 16.5. The monoisotopic (exact) mass is 232 g/mol. The fourth-order valence-electron chi connectivity index (χ4n) is 0.976. The summed E-state index contributed by atoms with van der Waals surface area (Å²) in [6.45, 7) is 7.82. The predicted molar refractivity (Wildman–Crippen MR) is 65.4 cm³/mol. The molecular weight excluding hydrogens is 208 g/mol. The molecule has 0 fully saturated rings. The molecular formula is C11H24N2O3. The van der Waals surface area contributed by atoms with Gasteiger partial charge in [-0.3, -0.25) is 4.99 Å². The van der Waals surface area contributed by atoms with Gasteiger partial charge in [-0.1, -0.05) is 0 Å². The van der Waals surface area contributed by atoms with E-state index in [2.05, 4.69) is 10.3 Å². The minimum Gasteiger partial charge on any atom is -0.382 e. The summed E-state index contributed by atoms with van der Waals surface area (Å²) in [7, 11) is 1.67. The zero-order valence-corrected chi connectivity index (χ0v) is 10.4. The van der Waals surface area contributed by atoms with Crippen molar-refractivity contribution in [1.29, 1.82) is 0 Å². The van der Waals surface area contributed by atoms with Gasteiger partial charge in [0.2, 0.25) is 0 Å². The Morgan fingerprint density at radius 3 is 2.50 bits per heavy atom. The largest absolute Gasteiger partial charge is 0.382 e. The second-order valence-electron chi connectivity index (χ2n) is 3.11. The first-order valence-corrected chi connectivity index (χ1v) is 5.75. The predicted octanol–water partition coefficient (Wildman–Crippen LogP) is 0.346. The van der Waals surface area contributed by atoms with Gasteiger partial charge < -0.3 is 19.5 Å². The van der Waals surface area contributed by atoms with Gasteiger partial charge in [-0.25, -0.2) is 0 Å². The maximum absolute atomic E-state index is 5.31. The fraction of sp³-hybridized carbons (Fsp3) is 0.909. The third kappa shape index (κ3) is 13.5. The molecule has 5 nitrogen and oxygen atoms in total. The molecule has 0 unspecified atom stereocenters. The van der Waals surface area contributed by atoms with Crippen LogP contribution in [0.15, 0.2) is 4.99 Å². The number of hydrogen-bond acceptors (Lipinski definition) is 5. The van der Waals surface area contributed by atoms with Crippen molar-refractivity contribution in [3.63, 3.8) is 0 Å². The van der Waals surface area contributed by atoms with E-state index in [0.717, 1.165) is 19.6 Å². The first kappa shape index (κ1) is 15.5. The number of nitrogens with zero attached hydrogens (tertiary/aromatic N) is 1. The van der Waals surface area contributed by atoms with Crippen molar-refractivity contribution >= 4 is 6.21 Å². The molecule has 16 heavy (non-hydrogen) atoms. The Morgan fingerprint density at radius 2 is 1.81 bits per heavy atom. The minimum absolute atomic E-state index is 0.597. The first-order chi connectivity index (χ1) is 7.91. The lowest BCUT2D eigenvalue weighted by Gasteiger charge is -2.05. The molecule has 0 saturated carbocycles. The Balaban J connectivity index is 2.90. The summed E-state index contributed by atoms with van der Waals surface area (Å²) in [4.78, 5) is 4.05. The third-order valence-corrected chi connectivity index (χ3v) is 1.78. The van der Waals surface area contributed by atoms with Crippen LogP contribution in [0, 0.1) is 0 Å². The zero-order chi connectivity index (χ0) is 11.9. The van der Waals surface area contributed by atoms with E-state index in [-0.39, 0.29) is 0 Å². The fourth-order valence-corrected chi connectivity index (χ4v) is 0.976. The SMILES string of the molecule is CCN=CCOCCNCCOCCOC. The molecule has 0 radical (unpaired) electrons. The van der Waals surface area contributed by atoms with Crippen LogP contribution >= 0.6 is 0 Å². The lowest BCUT2D eigenvalue weighted by Crippen LogP contribution is -2.24. The first-order valence-electron chi connectivity index (χ1n) is 5.75. The van der Waals surface area contributed by atoms with Crippen LogP contribution in [0.3, 0.4) is 0 Å². The van der Waals surface area contributed by atoms with Crippen molar-refractivity contribution in [2.24, 2.45) is 4.99 Å². The van der Waals surface area contributed by atoms with Crippen LogP contribution in [-0.4, -0.2) is 66.0 Å². The van der Waals surface area contributed by atoms with E-state index in [1.54, 1.807) is 13.3 Å². The number of hydrogen-bond donors (Lipinski definition) is 1. The number of nitrogens with one attached hydrogen (secondary N) is 1. The topological polar surface area (TPSA) is 52.1 Å².